The zero-order valence-electron chi connectivity index (χ0n) is 12.6. The normalized spacial score (nSPS) is 23.0. The Labute approximate surface area is 122 Å². The van der Waals surface area contributed by atoms with Gasteiger partial charge in [0, 0.05) is 23.5 Å². The van der Waals surface area contributed by atoms with Gasteiger partial charge in [-0.1, -0.05) is 13.0 Å². The van der Waals surface area contributed by atoms with E-state index in [1.165, 1.54) is 30.7 Å². The predicted octanol–water partition coefficient (Wildman–Crippen LogP) is 3.74. The third kappa shape index (κ3) is 4.04. The first-order valence-corrected chi connectivity index (χ1v) is 8.59. The minimum atomic E-state index is 0.640. The smallest absolute Gasteiger partial charge is 0.0333 e. The average Bonchev–Trinajstić information content (AvgIpc) is 2.85. The van der Waals surface area contributed by atoms with Crippen LogP contribution in [0.4, 0.5) is 0 Å². The number of hydrogen-bond donors (Lipinski definition) is 1. The molecule has 0 aliphatic heterocycles. The summed E-state index contributed by atoms with van der Waals surface area (Å²) in [6, 6.07) is 5.86. The summed E-state index contributed by atoms with van der Waals surface area (Å²) in [5, 5.41) is 5.78. The number of rotatable bonds is 8. The van der Waals surface area contributed by atoms with Crippen molar-refractivity contribution in [1.82, 2.24) is 10.2 Å². The SMILES string of the molecule is CCCNCC1CCC1N(Cc1cccs1)C(C)C. The highest BCUT2D eigenvalue weighted by Crippen LogP contribution is 2.34. The number of thiophene rings is 1. The zero-order chi connectivity index (χ0) is 13.7. The fourth-order valence-electron chi connectivity index (χ4n) is 2.96. The van der Waals surface area contributed by atoms with Crippen molar-refractivity contribution in [3.63, 3.8) is 0 Å². The summed E-state index contributed by atoms with van der Waals surface area (Å²) in [4.78, 5) is 4.20. The molecule has 2 atom stereocenters. The average molecular weight is 280 g/mol. The Kier molecular flexibility index (Phi) is 5.86. The molecular formula is C16H28N2S. The van der Waals surface area contributed by atoms with E-state index in [0.29, 0.717) is 6.04 Å². The van der Waals surface area contributed by atoms with E-state index in [-0.39, 0.29) is 0 Å². The van der Waals surface area contributed by atoms with E-state index in [0.717, 1.165) is 25.0 Å². The van der Waals surface area contributed by atoms with Crippen LogP contribution in [0.2, 0.25) is 0 Å². The van der Waals surface area contributed by atoms with Crippen LogP contribution >= 0.6 is 11.3 Å². The predicted molar refractivity (Wildman–Crippen MR) is 84.7 cm³/mol. The molecule has 1 saturated carbocycles. The van der Waals surface area contributed by atoms with Gasteiger partial charge in [0.05, 0.1) is 0 Å². The van der Waals surface area contributed by atoms with E-state index in [1.807, 2.05) is 11.3 Å². The molecule has 3 heteroatoms. The van der Waals surface area contributed by atoms with Crippen molar-refractivity contribution in [3.05, 3.63) is 22.4 Å². The molecule has 0 aromatic carbocycles. The molecular weight excluding hydrogens is 252 g/mol. The van der Waals surface area contributed by atoms with Crippen molar-refractivity contribution >= 4 is 11.3 Å². The van der Waals surface area contributed by atoms with E-state index in [9.17, 15) is 0 Å². The van der Waals surface area contributed by atoms with Crippen molar-refractivity contribution in [2.75, 3.05) is 13.1 Å². The lowest BCUT2D eigenvalue weighted by molar-refractivity contribution is 0.0321. The van der Waals surface area contributed by atoms with Crippen LogP contribution in [0, 0.1) is 5.92 Å². The molecule has 1 aliphatic rings. The molecule has 2 unspecified atom stereocenters. The number of nitrogens with one attached hydrogen (secondary N) is 1. The standard InChI is InChI=1S/C16H28N2S/c1-4-9-17-11-14-7-8-16(14)18(13(2)3)12-15-6-5-10-19-15/h5-6,10,13-14,16-17H,4,7-9,11-12H2,1-3H3. The summed E-state index contributed by atoms with van der Waals surface area (Å²) in [6.07, 6.45) is 4.01. The van der Waals surface area contributed by atoms with Crippen LogP contribution in [0.25, 0.3) is 0 Å². The fraction of sp³-hybridized carbons (Fsp3) is 0.750. The minimum Gasteiger partial charge on any atom is -0.316 e. The Hall–Kier alpha value is -0.380. The number of hydrogen-bond acceptors (Lipinski definition) is 3. The molecule has 1 aliphatic carbocycles. The lowest BCUT2D eigenvalue weighted by Crippen LogP contribution is -2.52. The highest BCUT2D eigenvalue weighted by atomic mass is 32.1. The zero-order valence-corrected chi connectivity index (χ0v) is 13.4. The van der Waals surface area contributed by atoms with E-state index in [1.54, 1.807) is 0 Å². The summed E-state index contributed by atoms with van der Waals surface area (Å²) in [5.41, 5.74) is 0. The Morgan fingerprint density at radius 1 is 1.42 bits per heavy atom. The Bertz CT molecular complexity index is 348. The Morgan fingerprint density at radius 2 is 2.26 bits per heavy atom. The van der Waals surface area contributed by atoms with Gasteiger partial charge in [0.15, 0.2) is 0 Å². The second-order valence-corrected chi connectivity index (χ2v) is 6.99. The van der Waals surface area contributed by atoms with Gasteiger partial charge in [0.25, 0.3) is 0 Å². The molecule has 0 saturated heterocycles. The van der Waals surface area contributed by atoms with Gasteiger partial charge in [-0.25, -0.2) is 0 Å². The molecule has 1 aromatic heterocycles. The molecule has 0 radical (unpaired) electrons. The maximum atomic E-state index is 3.60. The van der Waals surface area contributed by atoms with Gasteiger partial charge < -0.3 is 5.32 Å². The van der Waals surface area contributed by atoms with Crippen molar-refractivity contribution in [2.24, 2.45) is 5.92 Å². The molecule has 0 spiro atoms. The van der Waals surface area contributed by atoms with Gasteiger partial charge in [-0.05, 0) is 63.6 Å². The maximum absolute atomic E-state index is 3.60. The Morgan fingerprint density at radius 3 is 2.79 bits per heavy atom. The van der Waals surface area contributed by atoms with Crippen LogP contribution in [0.15, 0.2) is 17.5 Å². The Balaban J connectivity index is 1.88. The molecule has 0 amide bonds. The highest BCUT2D eigenvalue weighted by Gasteiger charge is 2.36. The first-order valence-electron chi connectivity index (χ1n) is 7.71. The molecule has 1 aromatic rings. The van der Waals surface area contributed by atoms with E-state index in [2.05, 4.69) is 48.5 Å². The first-order chi connectivity index (χ1) is 9.22. The number of nitrogens with zero attached hydrogens (tertiary/aromatic N) is 1. The largest absolute Gasteiger partial charge is 0.316 e. The molecule has 1 fully saturated rings. The summed E-state index contributed by atoms with van der Waals surface area (Å²) in [5.74, 6) is 0.855. The quantitative estimate of drug-likeness (QED) is 0.730. The molecule has 108 valence electrons. The second-order valence-electron chi connectivity index (χ2n) is 5.95. The molecule has 2 nitrogen and oxygen atoms in total. The molecule has 2 rings (SSSR count). The van der Waals surface area contributed by atoms with Crippen LogP contribution in [0.5, 0.6) is 0 Å². The molecule has 0 bridgehead atoms. The van der Waals surface area contributed by atoms with Gasteiger partial charge in [-0.2, -0.15) is 0 Å². The third-order valence-electron chi connectivity index (χ3n) is 4.22. The summed E-state index contributed by atoms with van der Waals surface area (Å²) >= 11 is 1.89. The summed E-state index contributed by atoms with van der Waals surface area (Å²) < 4.78 is 0. The summed E-state index contributed by atoms with van der Waals surface area (Å²) in [6.45, 7) is 10.4. The summed E-state index contributed by atoms with van der Waals surface area (Å²) in [7, 11) is 0. The van der Waals surface area contributed by atoms with Crippen molar-refractivity contribution < 1.29 is 0 Å². The minimum absolute atomic E-state index is 0.640. The van der Waals surface area contributed by atoms with Gasteiger partial charge in [0.2, 0.25) is 0 Å². The van der Waals surface area contributed by atoms with Gasteiger partial charge >= 0.3 is 0 Å². The lowest BCUT2D eigenvalue weighted by Gasteiger charge is -2.46. The lowest BCUT2D eigenvalue weighted by atomic mass is 9.77. The van der Waals surface area contributed by atoms with Crippen molar-refractivity contribution in [2.45, 2.75) is 58.7 Å². The molecule has 1 heterocycles. The second kappa shape index (κ2) is 7.41. The van der Waals surface area contributed by atoms with Crippen LogP contribution in [-0.2, 0) is 6.54 Å². The molecule has 1 N–H and O–H groups in total. The maximum Gasteiger partial charge on any atom is 0.0333 e. The van der Waals surface area contributed by atoms with Crippen molar-refractivity contribution in [1.29, 1.82) is 0 Å². The van der Waals surface area contributed by atoms with Crippen LogP contribution in [-0.4, -0.2) is 30.1 Å². The first kappa shape index (κ1) is 15.0. The fourth-order valence-corrected chi connectivity index (χ4v) is 3.67. The van der Waals surface area contributed by atoms with Gasteiger partial charge in [-0.15, -0.1) is 11.3 Å². The van der Waals surface area contributed by atoms with Crippen LogP contribution in [0.1, 0.15) is 44.9 Å². The third-order valence-corrected chi connectivity index (χ3v) is 5.08. The van der Waals surface area contributed by atoms with E-state index >= 15 is 0 Å². The topological polar surface area (TPSA) is 15.3 Å². The van der Waals surface area contributed by atoms with Gasteiger partial charge in [0.1, 0.15) is 0 Å². The van der Waals surface area contributed by atoms with Crippen LogP contribution in [0.3, 0.4) is 0 Å². The van der Waals surface area contributed by atoms with E-state index in [4.69, 9.17) is 0 Å². The van der Waals surface area contributed by atoms with Crippen molar-refractivity contribution in [3.8, 4) is 0 Å². The van der Waals surface area contributed by atoms with E-state index < -0.39 is 0 Å². The highest BCUT2D eigenvalue weighted by molar-refractivity contribution is 7.09. The van der Waals surface area contributed by atoms with Crippen LogP contribution < -0.4 is 5.32 Å². The van der Waals surface area contributed by atoms with Gasteiger partial charge in [-0.3, -0.25) is 4.90 Å². The molecule has 19 heavy (non-hydrogen) atoms. The monoisotopic (exact) mass is 280 g/mol.